The Labute approximate surface area is 128 Å². The lowest BCUT2D eigenvalue weighted by atomic mass is 10.1. The van der Waals surface area contributed by atoms with E-state index in [4.69, 9.17) is 5.11 Å². The van der Waals surface area contributed by atoms with Gasteiger partial charge in [0.15, 0.2) is 0 Å². The summed E-state index contributed by atoms with van der Waals surface area (Å²) >= 11 is 3.25. The molecule has 0 fully saturated rings. The lowest BCUT2D eigenvalue weighted by molar-refractivity contribution is 0.0696. The normalized spacial score (nSPS) is 10.2. The Kier molecular flexibility index (Phi) is 4.37. The van der Waals surface area contributed by atoms with Crippen LogP contribution >= 0.6 is 15.9 Å². The summed E-state index contributed by atoms with van der Waals surface area (Å²) in [7, 11) is 0. The monoisotopic (exact) mass is 351 g/mol. The first-order valence-electron chi connectivity index (χ1n) is 5.99. The van der Waals surface area contributed by atoms with Crippen molar-refractivity contribution < 1.29 is 19.1 Å². The van der Waals surface area contributed by atoms with Gasteiger partial charge < -0.3 is 10.4 Å². The molecule has 2 N–H and O–H groups in total. The van der Waals surface area contributed by atoms with E-state index in [1.165, 1.54) is 0 Å². The summed E-state index contributed by atoms with van der Waals surface area (Å²) in [6.07, 6.45) is 0. The van der Waals surface area contributed by atoms with E-state index in [2.05, 4.69) is 21.2 Å². The number of nitrogens with one attached hydrogen (secondary N) is 1. The van der Waals surface area contributed by atoms with Crippen molar-refractivity contribution >= 4 is 33.5 Å². The van der Waals surface area contributed by atoms with E-state index in [-0.39, 0.29) is 11.3 Å². The van der Waals surface area contributed by atoms with Crippen LogP contribution in [0, 0.1) is 12.7 Å². The second-order valence-corrected chi connectivity index (χ2v) is 5.29. The first kappa shape index (κ1) is 15.2. The van der Waals surface area contributed by atoms with Crippen LogP contribution in [0.1, 0.15) is 26.3 Å². The number of carbonyl (C=O) groups is 2. The van der Waals surface area contributed by atoms with Crippen molar-refractivity contribution in [2.45, 2.75) is 6.92 Å². The third kappa shape index (κ3) is 3.46. The largest absolute Gasteiger partial charge is 0.478 e. The highest BCUT2D eigenvalue weighted by Crippen LogP contribution is 2.22. The van der Waals surface area contributed by atoms with Crippen LogP contribution in [-0.4, -0.2) is 17.0 Å². The maximum Gasteiger partial charge on any atom is 0.335 e. The van der Waals surface area contributed by atoms with Crippen LogP contribution < -0.4 is 5.32 Å². The van der Waals surface area contributed by atoms with Crippen LogP contribution in [0.25, 0.3) is 0 Å². The Balaban J connectivity index is 2.33. The van der Waals surface area contributed by atoms with Gasteiger partial charge in [-0.1, -0.05) is 11.6 Å². The lowest BCUT2D eigenvalue weighted by Crippen LogP contribution is -2.14. The van der Waals surface area contributed by atoms with Crippen molar-refractivity contribution in [3.05, 3.63) is 63.4 Å². The van der Waals surface area contributed by atoms with E-state index in [9.17, 15) is 14.0 Å². The number of halogens is 2. The summed E-state index contributed by atoms with van der Waals surface area (Å²) in [6, 6.07) is 8.42. The average molecular weight is 352 g/mol. The minimum Gasteiger partial charge on any atom is -0.478 e. The fraction of sp³-hybridized carbons (Fsp3) is 0.0667. The molecule has 0 saturated carbocycles. The van der Waals surface area contributed by atoms with Crippen molar-refractivity contribution in [1.82, 2.24) is 0 Å². The second-order valence-electron chi connectivity index (χ2n) is 4.44. The van der Waals surface area contributed by atoms with Crippen LogP contribution in [0.15, 0.2) is 40.9 Å². The molecular weight excluding hydrogens is 341 g/mol. The molecule has 0 aromatic heterocycles. The number of carbonyl (C=O) groups excluding carboxylic acids is 1. The lowest BCUT2D eigenvalue weighted by Gasteiger charge is -2.09. The predicted molar refractivity (Wildman–Crippen MR) is 80.2 cm³/mol. The molecule has 0 bridgehead atoms. The van der Waals surface area contributed by atoms with Crippen LogP contribution in [0.4, 0.5) is 10.1 Å². The Morgan fingerprint density at radius 1 is 1.19 bits per heavy atom. The maximum atomic E-state index is 13.7. The van der Waals surface area contributed by atoms with E-state index < -0.39 is 17.7 Å². The number of rotatable bonds is 3. The number of anilines is 1. The fourth-order valence-corrected chi connectivity index (χ4v) is 2.18. The zero-order valence-electron chi connectivity index (χ0n) is 11.0. The van der Waals surface area contributed by atoms with Crippen LogP contribution in [0.2, 0.25) is 0 Å². The van der Waals surface area contributed by atoms with Crippen molar-refractivity contribution in [3.63, 3.8) is 0 Å². The SMILES string of the molecule is Cc1ccc(Br)c(C(=O)Nc2cc(C(=O)O)ccc2F)c1. The topological polar surface area (TPSA) is 66.4 Å². The smallest absolute Gasteiger partial charge is 0.335 e. The molecule has 0 aliphatic rings. The number of hydrogen-bond acceptors (Lipinski definition) is 2. The molecule has 21 heavy (non-hydrogen) atoms. The maximum absolute atomic E-state index is 13.7. The van der Waals surface area contributed by atoms with Gasteiger partial charge in [0, 0.05) is 4.47 Å². The Morgan fingerprint density at radius 2 is 1.90 bits per heavy atom. The van der Waals surface area contributed by atoms with Crippen molar-refractivity contribution in [1.29, 1.82) is 0 Å². The molecule has 1 amide bonds. The summed E-state index contributed by atoms with van der Waals surface area (Å²) in [6.45, 7) is 1.83. The Hall–Kier alpha value is -2.21. The van der Waals surface area contributed by atoms with Gasteiger partial charge in [-0.3, -0.25) is 4.79 Å². The highest BCUT2D eigenvalue weighted by Gasteiger charge is 2.14. The molecule has 0 unspecified atom stereocenters. The van der Waals surface area contributed by atoms with E-state index in [1.54, 1.807) is 12.1 Å². The van der Waals surface area contributed by atoms with Gasteiger partial charge in [0.2, 0.25) is 0 Å². The molecule has 0 aliphatic heterocycles. The van der Waals surface area contributed by atoms with Crippen molar-refractivity contribution in [2.75, 3.05) is 5.32 Å². The van der Waals surface area contributed by atoms with Gasteiger partial charge in [0.1, 0.15) is 5.82 Å². The minimum absolute atomic E-state index is 0.102. The average Bonchev–Trinajstić information content (AvgIpc) is 2.43. The molecule has 2 aromatic carbocycles. The molecule has 4 nitrogen and oxygen atoms in total. The fourth-order valence-electron chi connectivity index (χ4n) is 1.76. The van der Waals surface area contributed by atoms with E-state index in [0.29, 0.717) is 10.0 Å². The van der Waals surface area contributed by atoms with Gasteiger partial charge >= 0.3 is 5.97 Å². The molecule has 0 heterocycles. The van der Waals surface area contributed by atoms with E-state index >= 15 is 0 Å². The summed E-state index contributed by atoms with van der Waals surface area (Å²) < 4.78 is 14.2. The first-order valence-corrected chi connectivity index (χ1v) is 6.78. The summed E-state index contributed by atoms with van der Waals surface area (Å²) in [4.78, 5) is 23.0. The molecule has 0 aliphatic carbocycles. The highest BCUT2D eigenvalue weighted by atomic mass is 79.9. The minimum atomic E-state index is -1.19. The van der Waals surface area contributed by atoms with Crippen LogP contribution in [0.3, 0.4) is 0 Å². The molecule has 2 rings (SSSR count). The molecule has 108 valence electrons. The van der Waals surface area contributed by atoms with Gasteiger partial charge in [-0.05, 0) is 53.2 Å². The standard InChI is InChI=1S/C15H11BrFNO3/c1-8-2-4-11(16)10(6-8)14(19)18-13-7-9(15(20)21)3-5-12(13)17/h2-7H,1H3,(H,18,19)(H,20,21). The predicted octanol–water partition coefficient (Wildman–Crippen LogP) is 3.85. The van der Waals surface area contributed by atoms with Gasteiger partial charge in [-0.15, -0.1) is 0 Å². The zero-order valence-corrected chi connectivity index (χ0v) is 12.6. The molecule has 0 atom stereocenters. The zero-order chi connectivity index (χ0) is 15.6. The Bertz CT molecular complexity index is 731. The number of aryl methyl sites for hydroxylation is 1. The molecule has 0 spiro atoms. The summed E-state index contributed by atoms with van der Waals surface area (Å²) in [5, 5.41) is 11.3. The molecular formula is C15H11BrFNO3. The number of carboxylic acids is 1. The van der Waals surface area contributed by atoms with E-state index in [1.807, 2.05) is 13.0 Å². The molecule has 6 heteroatoms. The highest BCUT2D eigenvalue weighted by molar-refractivity contribution is 9.10. The summed E-state index contributed by atoms with van der Waals surface area (Å²) in [5.74, 6) is -2.41. The quantitative estimate of drug-likeness (QED) is 0.882. The molecule has 0 saturated heterocycles. The van der Waals surface area contributed by atoms with Crippen molar-refractivity contribution in [3.8, 4) is 0 Å². The summed E-state index contributed by atoms with van der Waals surface area (Å²) in [5.41, 5.74) is 0.946. The second kappa shape index (κ2) is 6.05. The third-order valence-corrected chi connectivity index (χ3v) is 3.52. The number of benzene rings is 2. The van der Waals surface area contributed by atoms with Crippen LogP contribution in [0.5, 0.6) is 0 Å². The van der Waals surface area contributed by atoms with Crippen molar-refractivity contribution in [2.24, 2.45) is 0 Å². The Morgan fingerprint density at radius 3 is 2.57 bits per heavy atom. The van der Waals surface area contributed by atoms with Crippen LogP contribution in [-0.2, 0) is 0 Å². The number of hydrogen-bond donors (Lipinski definition) is 2. The van der Waals surface area contributed by atoms with Gasteiger partial charge in [-0.25, -0.2) is 9.18 Å². The van der Waals surface area contributed by atoms with Gasteiger partial charge in [0.05, 0.1) is 16.8 Å². The number of carboxylic acid groups (broad SMARTS) is 1. The van der Waals surface area contributed by atoms with E-state index in [0.717, 1.165) is 23.8 Å². The van der Waals surface area contributed by atoms with Gasteiger partial charge in [-0.2, -0.15) is 0 Å². The molecule has 2 aromatic rings. The number of amides is 1. The number of aromatic carboxylic acids is 1. The van der Waals surface area contributed by atoms with Gasteiger partial charge in [0.25, 0.3) is 5.91 Å². The third-order valence-electron chi connectivity index (χ3n) is 2.83. The molecule has 0 radical (unpaired) electrons. The first-order chi connectivity index (χ1) is 9.88.